The number of aliphatic imine (C=N–C) groups is 1. The lowest BCUT2D eigenvalue weighted by Crippen LogP contribution is -2.49. The van der Waals surface area contributed by atoms with Crippen molar-refractivity contribution in [3.63, 3.8) is 0 Å². The molecule has 0 bridgehead atoms. The van der Waals surface area contributed by atoms with Gasteiger partial charge < -0.3 is 25.4 Å². The Labute approximate surface area is 144 Å². The van der Waals surface area contributed by atoms with E-state index in [9.17, 15) is 5.11 Å². The predicted octanol–water partition coefficient (Wildman–Crippen LogP) is 1.56. The summed E-state index contributed by atoms with van der Waals surface area (Å²) in [7, 11) is 1.75. The molecule has 24 heavy (non-hydrogen) atoms. The van der Waals surface area contributed by atoms with Gasteiger partial charge in [0.2, 0.25) is 0 Å². The maximum Gasteiger partial charge on any atom is 0.191 e. The van der Waals surface area contributed by atoms with Gasteiger partial charge in [0.15, 0.2) is 5.96 Å². The van der Waals surface area contributed by atoms with Gasteiger partial charge in [-0.25, -0.2) is 4.99 Å². The maximum atomic E-state index is 9.34. The predicted molar refractivity (Wildman–Crippen MR) is 97.4 cm³/mol. The molecule has 134 valence electrons. The Bertz CT molecular complexity index is 496. The molecular weight excluding hydrogens is 304 g/mol. The molecule has 0 unspecified atom stereocenters. The first kappa shape index (κ1) is 18.5. The van der Waals surface area contributed by atoms with E-state index in [0.29, 0.717) is 12.6 Å². The van der Waals surface area contributed by atoms with Crippen molar-refractivity contribution >= 4 is 5.96 Å². The molecule has 0 aromatic heterocycles. The van der Waals surface area contributed by atoms with Gasteiger partial charge in [0, 0.05) is 39.3 Å². The standard InChI is InChI=1S/C18H30N4O2/c1-3-19-18(20-14-15-4-6-17(23)7-5-15)21-16-8-10-22(11-9-16)12-13-24-2/h4-7,16,23H,3,8-14H2,1-2H3,(H2,19,20,21). The molecule has 3 N–H and O–H groups in total. The second-order valence-electron chi connectivity index (χ2n) is 6.11. The van der Waals surface area contributed by atoms with E-state index in [0.717, 1.165) is 57.2 Å². The number of piperidine rings is 1. The summed E-state index contributed by atoms with van der Waals surface area (Å²) in [6.07, 6.45) is 2.24. The van der Waals surface area contributed by atoms with Gasteiger partial charge in [0.1, 0.15) is 5.75 Å². The highest BCUT2D eigenvalue weighted by atomic mass is 16.5. The number of benzene rings is 1. The SMILES string of the molecule is CCNC(=NCc1ccc(O)cc1)NC1CCN(CCOC)CC1. The zero-order chi connectivity index (χ0) is 17.2. The summed E-state index contributed by atoms with van der Waals surface area (Å²) in [6.45, 7) is 7.52. The summed E-state index contributed by atoms with van der Waals surface area (Å²) in [5.41, 5.74) is 1.08. The first-order valence-electron chi connectivity index (χ1n) is 8.75. The van der Waals surface area contributed by atoms with E-state index in [-0.39, 0.29) is 5.75 Å². The van der Waals surface area contributed by atoms with Gasteiger partial charge >= 0.3 is 0 Å². The molecule has 1 heterocycles. The first-order valence-corrected chi connectivity index (χ1v) is 8.75. The zero-order valence-electron chi connectivity index (χ0n) is 14.8. The minimum Gasteiger partial charge on any atom is -0.508 e. The van der Waals surface area contributed by atoms with E-state index in [1.165, 1.54) is 0 Å². The Hall–Kier alpha value is -1.79. The minimum absolute atomic E-state index is 0.285. The van der Waals surface area contributed by atoms with Crippen LogP contribution in [0.25, 0.3) is 0 Å². The van der Waals surface area contributed by atoms with Crippen LogP contribution < -0.4 is 10.6 Å². The Kier molecular flexibility index (Phi) is 7.85. The van der Waals surface area contributed by atoms with E-state index in [1.807, 2.05) is 12.1 Å². The number of nitrogens with one attached hydrogen (secondary N) is 2. The molecule has 0 aliphatic carbocycles. The van der Waals surface area contributed by atoms with Crippen LogP contribution in [0, 0.1) is 0 Å². The number of likely N-dealkylation sites (tertiary alicyclic amines) is 1. The Balaban J connectivity index is 1.82. The molecule has 0 saturated carbocycles. The molecule has 1 aromatic carbocycles. The summed E-state index contributed by atoms with van der Waals surface area (Å²) in [5.74, 6) is 1.15. The normalized spacial score (nSPS) is 17.0. The highest BCUT2D eigenvalue weighted by molar-refractivity contribution is 5.80. The third kappa shape index (κ3) is 6.37. The van der Waals surface area contributed by atoms with Gasteiger partial charge in [0.25, 0.3) is 0 Å². The van der Waals surface area contributed by atoms with Gasteiger partial charge in [-0.1, -0.05) is 12.1 Å². The number of ether oxygens (including phenoxy) is 1. The summed E-state index contributed by atoms with van der Waals surface area (Å²) in [5, 5.41) is 16.2. The summed E-state index contributed by atoms with van der Waals surface area (Å²) in [6, 6.07) is 7.65. The smallest absolute Gasteiger partial charge is 0.191 e. The number of guanidine groups is 1. The van der Waals surface area contributed by atoms with Crippen molar-refractivity contribution in [3.05, 3.63) is 29.8 Å². The molecule has 0 amide bonds. The van der Waals surface area contributed by atoms with Crippen LogP contribution in [0.1, 0.15) is 25.3 Å². The van der Waals surface area contributed by atoms with Crippen LogP contribution in [0.3, 0.4) is 0 Å². The fourth-order valence-electron chi connectivity index (χ4n) is 2.81. The van der Waals surface area contributed by atoms with Crippen molar-refractivity contribution < 1.29 is 9.84 Å². The number of aromatic hydroxyl groups is 1. The molecule has 0 spiro atoms. The van der Waals surface area contributed by atoms with Crippen LogP contribution in [0.5, 0.6) is 5.75 Å². The van der Waals surface area contributed by atoms with Crippen LogP contribution in [0.2, 0.25) is 0 Å². The molecule has 1 aromatic rings. The summed E-state index contributed by atoms with van der Waals surface area (Å²) in [4.78, 5) is 7.10. The number of phenols is 1. The van der Waals surface area contributed by atoms with Gasteiger partial charge in [-0.15, -0.1) is 0 Å². The van der Waals surface area contributed by atoms with Gasteiger partial charge in [-0.05, 0) is 37.5 Å². The van der Waals surface area contributed by atoms with Crippen LogP contribution >= 0.6 is 0 Å². The van der Waals surface area contributed by atoms with Gasteiger partial charge in [0.05, 0.1) is 13.2 Å². The third-order valence-corrected chi connectivity index (χ3v) is 4.24. The zero-order valence-corrected chi connectivity index (χ0v) is 14.8. The van der Waals surface area contributed by atoms with Gasteiger partial charge in [-0.2, -0.15) is 0 Å². The van der Waals surface area contributed by atoms with Crippen LogP contribution in [0.4, 0.5) is 0 Å². The topological polar surface area (TPSA) is 69.1 Å². The number of rotatable bonds is 7. The van der Waals surface area contributed by atoms with E-state index >= 15 is 0 Å². The van der Waals surface area contributed by atoms with Crippen molar-refractivity contribution in [2.45, 2.75) is 32.4 Å². The second-order valence-corrected chi connectivity index (χ2v) is 6.11. The minimum atomic E-state index is 0.285. The molecule has 1 fully saturated rings. The fourth-order valence-corrected chi connectivity index (χ4v) is 2.81. The lowest BCUT2D eigenvalue weighted by molar-refractivity contribution is 0.128. The highest BCUT2D eigenvalue weighted by Gasteiger charge is 2.19. The van der Waals surface area contributed by atoms with Crippen LogP contribution in [0.15, 0.2) is 29.3 Å². The second kappa shape index (κ2) is 10.2. The van der Waals surface area contributed by atoms with E-state index in [2.05, 4.69) is 27.4 Å². The first-order chi connectivity index (χ1) is 11.7. The highest BCUT2D eigenvalue weighted by Crippen LogP contribution is 2.11. The molecule has 6 heteroatoms. The molecule has 0 radical (unpaired) electrons. The molecule has 2 rings (SSSR count). The largest absolute Gasteiger partial charge is 0.508 e. The Morgan fingerprint density at radius 1 is 1.29 bits per heavy atom. The average Bonchev–Trinajstić information content (AvgIpc) is 2.60. The van der Waals surface area contributed by atoms with E-state index in [4.69, 9.17) is 4.74 Å². The number of methoxy groups -OCH3 is 1. The molecule has 1 saturated heterocycles. The molecule has 6 nitrogen and oxygen atoms in total. The number of phenolic OH excluding ortho intramolecular Hbond substituents is 1. The van der Waals surface area contributed by atoms with Crippen molar-refractivity contribution in [2.75, 3.05) is 39.9 Å². The molecule has 1 aliphatic rings. The number of nitrogens with zero attached hydrogens (tertiary/aromatic N) is 2. The van der Waals surface area contributed by atoms with E-state index in [1.54, 1.807) is 19.2 Å². The number of hydrogen-bond donors (Lipinski definition) is 3. The molecular formula is C18H30N4O2. The monoisotopic (exact) mass is 334 g/mol. The lowest BCUT2D eigenvalue weighted by atomic mass is 10.1. The van der Waals surface area contributed by atoms with Crippen molar-refractivity contribution in [3.8, 4) is 5.75 Å². The Morgan fingerprint density at radius 3 is 2.62 bits per heavy atom. The third-order valence-electron chi connectivity index (χ3n) is 4.24. The maximum absolute atomic E-state index is 9.34. The van der Waals surface area contributed by atoms with Gasteiger partial charge in [-0.3, -0.25) is 0 Å². The van der Waals surface area contributed by atoms with Crippen molar-refractivity contribution in [2.24, 2.45) is 4.99 Å². The van der Waals surface area contributed by atoms with Crippen LogP contribution in [-0.2, 0) is 11.3 Å². The average molecular weight is 334 g/mol. The van der Waals surface area contributed by atoms with Crippen molar-refractivity contribution in [1.82, 2.24) is 15.5 Å². The molecule has 0 atom stereocenters. The lowest BCUT2D eigenvalue weighted by Gasteiger charge is -2.32. The summed E-state index contributed by atoms with van der Waals surface area (Å²) >= 11 is 0. The quantitative estimate of drug-likeness (QED) is 0.521. The van der Waals surface area contributed by atoms with Crippen molar-refractivity contribution in [1.29, 1.82) is 0 Å². The fraction of sp³-hybridized carbons (Fsp3) is 0.611. The molecule has 1 aliphatic heterocycles. The summed E-state index contributed by atoms with van der Waals surface area (Å²) < 4.78 is 5.15. The van der Waals surface area contributed by atoms with E-state index < -0.39 is 0 Å². The van der Waals surface area contributed by atoms with Crippen LogP contribution in [-0.4, -0.2) is 61.9 Å². The number of hydrogen-bond acceptors (Lipinski definition) is 4. The Morgan fingerprint density at radius 2 is 2.00 bits per heavy atom.